The Balaban J connectivity index is 1.65. The van der Waals surface area contributed by atoms with Crippen LogP contribution in [-0.2, 0) is 0 Å². The largest absolute Gasteiger partial charge is 0.399 e. The Morgan fingerprint density at radius 3 is 2.83 bits per heavy atom. The molecule has 2 aromatic heterocycles. The van der Waals surface area contributed by atoms with Crippen molar-refractivity contribution < 1.29 is 0 Å². The SMILES string of the molecule is Nc1cccc(-c2cc(Nc3ccc4[nH]ccc4c3)ncn2)c1. The number of aromatic amines is 1. The summed E-state index contributed by atoms with van der Waals surface area (Å²) in [6.45, 7) is 0. The molecule has 0 saturated carbocycles. The second-order valence-electron chi connectivity index (χ2n) is 5.32. The van der Waals surface area contributed by atoms with Crippen molar-refractivity contribution in [2.75, 3.05) is 11.1 Å². The monoisotopic (exact) mass is 301 g/mol. The van der Waals surface area contributed by atoms with E-state index in [4.69, 9.17) is 5.73 Å². The lowest BCUT2D eigenvalue weighted by Gasteiger charge is -2.08. The summed E-state index contributed by atoms with van der Waals surface area (Å²) >= 11 is 0. The molecule has 4 N–H and O–H groups in total. The molecular weight excluding hydrogens is 286 g/mol. The maximum absolute atomic E-state index is 5.84. The maximum atomic E-state index is 5.84. The van der Waals surface area contributed by atoms with Gasteiger partial charge >= 0.3 is 0 Å². The fourth-order valence-corrected chi connectivity index (χ4v) is 2.56. The van der Waals surface area contributed by atoms with Gasteiger partial charge in [0.15, 0.2) is 0 Å². The molecule has 0 fully saturated rings. The van der Waals surface area contributed by atoms with Crippen molar-refractivity contribution >= 4 is 28.1 Å². The van der Waals surface area contributed by atoms with Crippen LogP contribution in [0.1, 0.15) is 0 Å². The van der Waals surface area contributed by atoms with Gasteiger partial charge in [0.05, 0.1) is 5.69 Å². The van der Waals surface area contributed by atoms with Crippen molar-refractivity contribution in [2.45, 2.75) is 0 Å². The van der Waals surface area contributed by atoms with Crippen LogP contribution in [0.25, 0.3) is 22.2 Å². The van der Waals surface area contributed by atoms with Crippen LogP contribution in [0.15, 0.2) is 67.1 Å². The number of nitrogen functional groups attached to an aromatic ring is 1. The van der Waals surface area contributed by atoms with Gasteiger partial charge in [-0.2, -0.15) is 0 Å². The van der Waals surface area contributed by atoms with Gasteiger partial charge in [0.25, 0.3) is 0 Å². The first-order valence-electron chi connectivity index (χ1n) is 7.30. The normalized spacial score (nSPS) is 10.8. The lowest BCUT2D eigenvalue weighted by Crippen LogP contribution is -1.95. The zero-order valence-corrected chi connectivity index (χ0v) is 12.3. The van der Waals surface area contributed by atoms with Crippen LogP contribution < -0.4 is 11.1 Å². The molecule has 4 aromatic rings. The standard InChI is InChI=1S/C18H15N5/c19-14-3-1-2-12(8-14)17-10-18(22-11-21-17)23-15-4-5-16-13(9-15)6-7-20-16/h1-11,20H,19H2,(H,21,22,23). The van der Waals surface area contributed by atoms with Crippen molar-refractivity contribution in [1.29, 1.82) is 0 Å². The van der Waals surface area contributed by atoms with Crippen molar-refractivity contribution in [1.82, 2.24) is 15.0 Å². The van der Waals surface area contributed by atoms with Crippen LogP contribution >= 0.6 is 0 Å². The molecule has 5 heteroatoms. The number of benzene rings is 2. The molecule has 0 aliphatic rings. The summed E-state index contributed by atoms with van der Waals surface area (Å²) in [6.07, 6.45) is 3.48. The lowest BCUT2D eigenvalue weighted by atomic mass is 10.1. The molecule has 0 spiro atoms. The zero-order chi connectivity index (χ0) is 15.6. The zero-order valence-electron chi connectivity index (χ0n) is 12.3. The summed E-state index contributed by atoms with van der Waals surface area (Å²) in [7, 11) is 0. The van der Waals surface area contributed by atoms with E-state index in [0.717, 1.165) is 33.7 Å². The topological polar surface area (TPSA) is 79.6 Å². The highest BCUT2D eigenvalue weighted by molar-refractivity contribution is 5.84. The number of nitrogens with one attached hydrogen (secondary N) is 2. The number of aromatic nitrogens is 3. The van der Waals surface area contributed by atoms with E-state index in [-0.39, 0.29) is 0 Å². The van der Waals surface area contributed by atoms with Gasteiger partial charge in [-0.3, -0.25) is 0 Å². The van der Waals surface area contributed by atoms with Gasteiger partial charge in [-0.05, 0) is 36.4 Å². The first kappa shape index (κ1) is 13.3. The van der Waals surface area contributed by atoms with E-state index in [2.05, 4.69) is 26.3 Å². The second kappa shape index (κ2) is 5.46. The fourth-order valence-electron chi connectivity index (χ4n) is 2.56. The molecule has 0 radical (unpaired) electrons. The fraction of sp³-hybridized carbons (Fsp3) is 0. The molecule has 0 saturated heterocycles. The lowest BCUT2D eigenvalue weighted by molar-refractivity contribution is 1.17. The summed E-state index contributed by atoms with van der Waals surface area (Å²) in [5, 5.41) is 4.47. The minimum Gasteiger partial charge on any atom is -0.399 e. The third-order valence-corrected chi connectivity index (χ3v) is 3.68. The summed E-state index contributed by atoms with van der Waals surface area (Å²) in [4.78, 5) is 11.8. The molecule has 0 unspecified atom stereocenters. The second-order valence-corrected chi connectivity index (χ2v) is 5.32. The van der Waals surface area contributed by atoms with E-state index in [1.54, 1.807) is 6.33 Å². The first-order chi connectivity index (χ1) is 11.3. The van der Waals surface area contributed by atoms with Crippen LogP contribution in [0.5, 0.6) is 0 Å². The predicted molar refractivity (Wildman–Crippen MR) is 93.5 cm³/mol. The molecule has 0 bridgehead atoms. The van der Waals surface area contributed by atoms with Crippen LogP contribution in [0.2, 0.25) is 0 Å². The molecule has 0 atom stereocenters. The van der Waals surface area contributed by atoms with Gasteiger partial charge in [0.2, 0.25) is 0 Å². The molecule has 2 heterocycles. The highest BCUT2D eigenvalue weighted by Gasteiger charge is 2.04. The Kier molecular flexibility index (Phi) is 3.16. The van der Waals surface area contributed by atoms with Gasteiger partial charge in [-0.15, -0.1) is 0 Å². The summed E-state index contributed by atoms with van der Waals surface area (Å²) in [6, 6.07) is 17.7. The number of fused-ring (bicyclic) bond motifs is 1. The van der Waals surface area contributed by atoms with Crippen LogP contribution in [0.3, 0.4) is 0 Å². The van der Waals surface area contributed by atoms with E-state index >= 15 is 0 Å². The molecule has 5 nitrogen and oxygen atoms in total. The molecule has 112 valence electrons. The molecule has 4 rings (SSSR count). The van der Waals surface area contributed by atoms with Crippen molar-refractivity contribution in [3.05, 3.63) is 67.1 Å². The van der Waals surface area contributed by atoms with E-state index in [1.807, 2.05) is 54.7 Å². The van der Waals surface area contributed by atoms with Crippen LogP contribution in [0, 0.1) is 0 Å². The highest BCUT2D eigenvalue weighted by Crippen LogP contribution is 2.24. The third-order valence-electron chi connectivity index (χ3n) is 3.68. The highest BCUT2D eigenvalue weighted by atomic mass is 15.0. The Morgan fingerprint density at radius 1 is 0.957 bits per heavy atom. The third kappa shape index (κ3) is 2.72. The summed E-state index contributed by atoms with van der Waals surface area (Å²) in [5.74, 6) is 0.743. The van der Waals surface area contributed by atoms with E-state index in [0.29, 0.717) is 5.69 Å². The number of nitrogens with two attached hydrogens (primary N) is 1. The average molecular weight is 301 g/mol. The number of hydrogen-bond donors (Lipinski definition) is 3. The van der Waals surface area contributed by atoms with E-state index in [9.17, 15) is 0 Å². The number of hydrogen-bond acceptors (Lipinski definition) is 4. The van der Waals surface area contributed by atoms with Crippen LogP contribution in [-0.4, -0.2) is 15.0 Å². The Hall–Kier alpha value is -3.34. The van der Waals surface area contributed by atoms with E-state index < -0.39 is 0 Å². The number of rotatable bonds is 3. The Morgan fingerprint density at radius 2 is 1.91 bits per heavy atom. The van der Waals surface area contributed by atoms with Gasteiger partial charge < -0.3 is 16.0 Å². The Labute approximate surface area is 133 Å². The molecule has 2 aromatic carbocycles. The number of nitrogens with zero attached hydrogens (tertiary/aromatic N) is 2. The van der Waals surface area contributed by atoms with Crippen molar-refractivity contribution in [3.8, 4) is 11.3 Å². The van der Waals surface area contributed by atoms with Crippen molar-refractivity contribution in [2.24, 2.45) is 0 Å². The minimum atomic E-state index is 0.716. The summed E-state index contributed by atoms with van der Waals surface area (Å²) < 4.78 is 0. The number of anilines is 3. The van der Waals surface area contributed by atoms with E-state index in [1.165, 1.54) is 0 Å². The molecule has 0 aliphatic carbocycles. The smallest absolute Gasteiger partial charge is 0.134 e. The maximum Gasteiger partial charge on any atom is 0.134 e. The summed E-state index contributed by atoms with van der Waals surface area (Å²) in [5.41, 5.74) is 10.4. The van der Waals surface area contributed by atoms with Gasteiger partial charge in [-0.1, -0.05) is 12.1 Å². The van der Waals surface area contributed by atoms with Crippen LogP contribution in [0.4, 0.5) is 17.2 Å². The van der Waals surface area contributed by atoms with Gasteiger partial charge in [0.1, 0.15) is 12.1 Å². The Bertz CT molecular complexity index is 974. The molecular formula is C18H15N5. The average Bonchev–Trinajstić information content (AvgIpc) is 3.03. The quantitative estimate of drug-likeness (QED) is 0.501. The first-order valence-corrected chi connectivity index (χ1v) is 7.30. The van der Waals surface area contributed by atoms with Gasteiger partial charge in [0, 0.05) is 40.1 Å². The minimum absolute atomic E-state index is 0.716. The number of H-pyrrole nitrogens is 1. The van der Waals surface area contributed by atoms with Gasteiger partial charge in [-0.25, -0.2) is 9.97 Å². The van der Waals surface area contributed by atoms with Crippen molar-refractivity contribution in [3.63, 3.8) is 0 Å². The molecule has 0 aliphatic heterocycles. The molecule has 23 heavy (non-hydrogen) atoms. The predicted octanol–water partition coefficient (Wildman–Crippen LogP) is 3.95. The molecule has 0 amide bonds.